The fourth-order valence-electron chi connectivity index (χ4n) is 3.77. The zero-order chi connectivity index (χ0) is 21.0. The van der Waals surface area contributed by atoms with Crippen molar-refractivity contribution < 1.29 is 14.3 Å². The molecule has 0 radical (unpaired) electrons. The van der Waals surface area contributed by atoms with Gasteiger partial charge in [0.15, 0.2) is 0 Å². The second-order valence-electron chi connectivity index (χ2n) is 8.47. The summed E-state index contributed by atoms with van der Waals surface area (Å²) in [6.07, 6.45) is 26.4. The highest BCUT2D eigenvalue weighted by molar-refractivity contribution is 5.87. The second kappa shape index (κ2) is 18.7. The van der Waals surface area contributed by atoms with E-state index in [1.807, 2.05) is 0 Å². The van der Waals surface area contributed by atoms with Gasteiger partial charge in [-0.05, 0) is 38.5 Å². The smallest absolute Gasteiger partial charge is 0.328 e. The van der Waals surface area contributed by atoms with Crippen molar-refractivity contribution in [2.75, 3.05) is 6.61 Å². The normalized spacial score (nSPS) is 16.4. The number of carbonyl (C=O) groups excluding carboxylic acids is 2. The quantitative estimate of drug-likeness (QED) is 0.149. The van der Waals surface area contributed by atoms with Gasteiger partial charge >= 0.3 is 5.97 Å². The Bertz CT molecular complexity index is 447. The monoisotopic (exact) mass is 407 g/mol. The summed E-state index contributed by atoms with van der Waals surface area (Å²) < 4.78 is 5.24. The lowest BCUT2D eigenvalue weighted by Gasteiger charge is -2.09. The standard InChI is InChI=1S/C25H45NO3/c1-2-3-4-5-6-7-8-9-10-11-12-13-14-15-16-17-18-19-22-29-25(28)23-20-21-24(27)26-23/h9-10,23H,2-8,11-22H2,1H3,(H,26,27)/b10-9+/t23-/m0/s1. The van der Waals surface area contributed by atoms with Crippen LogP contribution in [-0.4, -0.2) is 24.5 Å². The van der Waals surface area contributed by atoms with Gasteiger partial charge in [0.05, 0.1) is 6.61 Å². The number of rotatable bonds is 19. The van der Waals surface area contributed by atoms with Crippen molar-refractivity contribution in [2.24, 2.45) is 0 Å². The summed E-state index contributed by atoms with van der Waals surface area (Å²) in [5, 5.41) is 2.65. The summed E-state index contributed by atoms with van der Waals surface area (Å²) in [5.41, 5.74) is 0. The molecule has 1 aliphatic rings. The van der Waals surface area contributed by atoms with E-state index in [0.29, 0.717) is 19.4 Å². The van der Waals surface area contributed by atoms with Crippen LogP contribution in [0.4, 0.5) is 0 Å². The first-order chi connectivity index (χ1) is 14.2. The molecule has 0 unspecified atom stereocenters. The number of ether oxygens (including phenoxy) is 1. The molecule has 0 bridgehead atoms. The average Bonchev–Trinajstić information content (AvgIpc) is 3.16. The minimum atomic E-state index is -0.409. The van der Waals surface area contributed by atoms with Crippen LogP contribution in [0.1, 0.15) is 122 Å². The molecule has 1 N–H and O–H groups in total. The van der Waals surface area contributed by atoms with Crippen LogP contribution in [0.25, 0.3) is 0 Å². The first kappa shape index (κ1) is 25.7. The number of esters is 1. The number of amides is 1. The predicted molar refractivity (Wildman–Crippen MR) is 121 cm³/mol. The van der Waals surface area contributed by atoms with E-state index < -0.39 is 6.04 Å². The van der Waals surface area contributed by atoms with Crippen LogP contribution in [0.15, 0.2) is 12.2 Å². The molecule has 29 heavy (non-hydrogen) atoms. The SMILES string of the molecule is CCCCCCCC/C=C/CCCCCCCCCCOC(=O)[C@@H]1CCC(=O)N1. The number of unbranched alkanes of at least 4 members (excludes halogenated alkanes) is 14. The van der Waals surface area contributed by atoms with E-state index in [0.717, 1.165) is 12.8 Å². The molecule has 0 aromatic rings. The Morgan fingerprint density at radius 2 is 1.38 bits per heavy atom. The van der Waals surface area contributed by atoms with Crippen molar-refractivity contribution in [3.05, 3.63) is 12.2 Å². The molecule has 168 valence electrons. The van der Waals surface area contributed by atoms with E-state index in [2.05, 4.69) is 24.4 Å². The zero-order valence-corrected chi connectivity index (χ0v) is 18.9. The fourth-order valence-corrected chi connectivity index (χ4v) is 3.77. The first-order valence-corrected chi connectivity index (χ1v) is 12.3. The van der Waals surface area contributed by atoms with Crippen molar-refractivity contribution >= 4 is 11.9 Å². The second-order valence-corrected chi connectivity index (χ2v) is 8.47. The molecule has 1 atom stereocenters. The van der Waals surface area contributed by atoms with Crippen molar-refractivity contribution in [2.45, 2.75) is 129 Å². The van der Waals surface area contributed by atoms with Crippen LogP contribution in [-0.2, 0) is 14.3 Å². The van der Waals surface area contributed by atoms with Crippen LogP contribution in [0, 0.1) is 0 Å². The summed E-state index contributed by atoms with van der Waals surface area (Å²) in [6.45, 7) is 2.75. The lowest BCUT2D eigenvalue weighted by atomic mass is 10.1. The number of carbonyl (C=O) groups is 2. The van der Waals surface area contributed by atoms with Crippen LogP contribution in [0.5, 0.6) is 0 Å². The molecule has 0 saturated carbocycles. The first-order valence-electron chi connectivity index (χ1n) is 12.3. The van der Waals surface area contributed by atoms with Gasteiger partial charge in [-0.3, -0.25) is 4.79 Å². The Kier molecular flexibility index (Phi) is 16.6. The maximum Gasteiger partial charge on any atom is 0.328 e. The summed E-state index contributed by atoms with van der Waals surface area (Å²) in [7, 11) is 0. The van der Waals surface area contributed by atoms with Crippen molar-refractivity contribution in [1.82, 2.24) is 5.32 Å². The molecule has 1 aliphatic heterocycles. The van der Waals surface area contributed by atoms with Gasteiger partial charge in [0.1, 0.15) is 6.04 Å². The fraction of sp³-hybridized carbons (Fsp3) is 0.840. The van der Waals surface area contributed by atoms with Gasteiger partial charge in [0.25, 0.3) is 0 Å². The Balaban J connectivity index is 1.74. The maximum atomic E-state index is 11.7. The summed E-state index contributed by atoms with van der Waals surface area (Å²) in [4.78, 5) is 22.8. The van der Waals surface area contributed by atoms with Crippen molar-refractivity contribution in [3.63, 3.8) is 0 Å². The minimum absolute atomic E-state index is 0.0452. The van der Waals surface area contributed by atoms with Crippen LogP contribution < -0.4 is 5.32 Å². The Morgan fingerprint density at radius 1 is 0.862 bits per heavy atom. The number of nitrogens with one attached hydrogen (secondary N) is 1. The lowest BCUT2D eigenvalue weighted by molar-refractivity contribution is -0.146. The van der Waals surface area contributed by atoms with E-state index in [-0.39, 0.29) is 11.9 Å². The molecular formula is C25H45NO3. The van der Waals surface area contributed by atoms with Gasteiger partial charge in [0.2, 0.25) is 5.91 Å². The van der Waals surface area contributed by atoms with Gasteiger partial charge in [-0.25, -0.2) is 4.79 Å². The largest absolute Gasteiger partial charge is 0.464 e. The maximum absolute atomic E-state index is 11.7. The molecule has 1 heterocycles. The van der Waals surface area contributed by atoms with E-state index in [1.54, 1.807) is 0 Å². The Hall–Kier alpha value is -1.32. The van der Waals surface area contributed by atoms with E-state index in [4.69, 9.17) is 4.74 Å². The third-order valence-electron chi connectivity index (χ3n) is 5.68. The number of hydrogen-bond donors (Lipinski definition) is 1. The topological polar surface area (TPSA) is 55.4 Å². The predicted octanol–water partition coefficient (Wildman–Crippen LogP) is 6.63. The van der Waals surface area contributed by atoms with Crippen LogP contribution in [0.2, 0.25) is 0 Å². The summed E-state index contributed by atoms with van der Waals surface area (Å²) in [5.74, 6) is -0.312. The van der Waals surface area contributed by atoms with E-state index in [9.17, 15) is 9.59 Å². The molecule has 1 rings (SSSR count). The number of hydrogen-bond acceptors (Lipinski definition) is 3. The molecule has 0 aromatic heterocycles. The van der Waals surface area contributed by atoms with Crippen molar-refractivity contribution in [1.29, 1.82) is 0 Å². The molecule has 4 nitrogen and oxygen atoms in total. The third-order valence-corrected chi connectivity index (χ3v) is 5.68. The van der Waals surface area contributed by atoms with Crippen molar-refractivity contribution in [3.8, 4) is 0 Å². The molecule has 0 aromatic carbocycles. The van der Waals surface area contributed by atoms with E-state index >= 15 is 0 Å². The molecule has 1 amide bonds. The highest BCUT2D eigenvalue weighted by atomic mass is 16.5. The Labute approximate surface area is 179 Å². The third kappa shape index (κ3) is 15.2. The lowest BCUT2D eigenvalue weighted by Crippen LogP contribution is -2.34. The van der Waals surface area contributed by atoms with E-state index in [1.165, 1.54) is 89.9 Å². The minimum Gasteiger partial charge on any atom is -0.464 e. The van der Waals surface area contributed by atoms with Gasteiger partial charge in [-0.2, -0.15) is 0 Å². The number of allylic oxidation sites excluding steroid dienone is 2. The molecular weight excluding hydrogens is 362 g/mol. The van der Waals surface area contributed by atoms with Gasteiger partial charge in [-0.1, -0.05) is 89.7 Å². The van der Waals surface area contributed by atoms with Crippen LogP contribution >= 0.6 is 0 Å². The molecule has 0 spiro atoms. The Morgan fingerprint density at radius 3 is 1.90 bits per heavy atom. The highest BCUT2D eigenvalue weighted by Crippen LogP contribution is 2.12. The molecule has 1 saturated heterocycles. The average molecular weight is 408 g/mol. The highest BCUT2D eigenvalue weighted by Gasteiger charge is 2.28. The van der Waals surface area contributed by atoms with Gasteiger partial charge in [-0.15, -0.1) is 0 Å². The van der Waals surface area contributed by atoms with Gasteiger partial charge < -0.3 is 10.1 Å². The summed E-state index contributed by atoms with van der Waals surface area (Å²) >= 11 is 0. The molecule has 0 aliphatic carbocycles. The van der Waals surface area contributed by atoms with Gasteiger partial charge in [0, 0.05) is 6.42 Å². The van der Waals surface area contributed by atoms with Crippen LogP contribution in [0.3, 0.4) is 0 Å². The summed E-state index contributed by atoms with van der Waals surface area (Å²) in [6, 6.07) is -0.409. The molecule has 4 heteroatoms. The zero-order valence-electron chi connectivity index (χ0n) is 18.9. The molecule has 1 fully saturated rings.